The van der Waals surface area contributed by atoms with Crippen LogP contribution >= 0.6 is 23.2 Å². The number of nitrogens with zero attached hydrogens (tertiary/aromatic N) is 1. The van der Waals surface area contributed by atoms with Crippen molar-refractivity contribution in [1.29, 1.82) is 5.26 Å². The average molecular weight is 480 g/mol. The molecule has 3 rings (SSSR count). The van der Waals surface area contributed by atoms with E-state index in [9.17, 15) is 14.9 Å². The molecule has 3 aromatic rings. The minimum absolute atomic E-state index is 0.0963. The van der Waals surface area contributed by atoms with E-state index in [0.717, 1.165) is 17.5 Å². The number of amides is 2. The van der Waals surface area contributed by atoms with Crippen LogP contribution in [0.15, 0.2) is 60.7 Å². The van der Waals surface area contributed by atoms with Crippen molar-refractivity contribution >= 4 is 46.4 Å². The van der Waals surface area contributed by atoms with Gasteiger partial charge in [-0.05, 0) is 66.4 Å². The highest BCUT2D eigenvalue weighted by Gasteiger charge is 2.19. The van der Waals surface area contributed by atoms with E-state index in [1.165, 1.54) is 0 Å². The number of hydrogen-bond donors (Lipinski definition) is 2. The summed E-state index contributed by atoms with van der Waals surface area (Å²) in [5, 5.41) is 16.4. The standard InChI is InChI=1S/C26H23Cl2N3O2/c1-3-5-25(32)30-20-7-4-6-18(13-20)26(33)31-24-14-23(28)21(12-16(24)2)22(15-29)17-8-10-19(27)11-9-17/h4,6-14,22H,3,5H2,1-2H3,(H,30,32)(H,31,33)/t22-/m0/s1. The number of rotatable bonds is 7. The highest BCUT2D eigenvalue weighted by molar-refractivity contribution is 6.32. The van der Waals surface area contributed by atoms with Gasteiger partial charge in [-0.25, -0.2) is 0 Å². The molecule has 168 valence electrons. The summed E-state index contributed by atoms with van der Waals surface area (Å²) in [4.78, 5) is 24.7. The van der Waals surface area contributed by atoms with Crippen molar-refractivity contribution in [2.45, 2.75) is 32.6 Å². The summed E-state index contributed by atoms with van der Waals surface area (Å²) in [5.74, 6) is -0.995. The molecule has 2 amide bonds. The van der Waals surface area contributed by atoms with Crippen LogP contribution in [0, 0.1) is 18.3 Å². The molecule has 0 heterocycles. The normalized spacial score (nSPS) is 11.4. The van der Waals surface area contributed by atoms with E-state index in [-0.39, 0.29) is 11.8 Å². The van der Waals surface area contributed by atoms with Crippen LogP contribution in [0.4, 0.5) is 11.4 Å². The summed E-state index contributed by atoms with van der Waals surface area (Å²) in [6.07, 6.45) is 1.16. The van der Waals surface area contributed by atoms with Crippen molar-refractivity contribution in [1.82, 2.24) is 0 Å². The maximum atomic E-state index is 12.8. The number of aryl methyl sites for hydroxylation is 1. The van der Waals surface area contributed by atoms with Gasteiger partial charge in [-0.2, -0.15) is 5.26 Å². The molecule has 0 aliphatic carbocycles. The number of anilines is 2. The van der Waals surface area contributed by atoms with Gasteiger partial charge in [-0.15, -0.1) is 0 Å². The van der Waals surface area contributed by atoms with Crippen LogP contribution < -0.4 is 10.6 Å². The predicted octanol–water partition coefficient (Wildman–Crippen LogP) is 6.95. The summed E-state index contributed by atoms with van der Waals surface area (Å²) in [6.45, 7) is 3.77. The molecule has 3 aromatic carbocycles. The molecular formula is C26H23Cl2N3O2. The van der Waals surface area contributed by atoms with Gasteiger partial charge < -0.3 is 10.6 Å². The molecule has 0 saturated heterocycles. The van der Waals surface area contributed by atoms with Gasteiger partial charge in [0.25, 0.3) is 5.91 Å². The summed E-state index contributed by atoms with van der Waals surface area (Å²) >= 11 is 12.5. The van der Waals surface area contributed by atoms with Crippen LogP contribution in [-0.2, 0) is 4.79 Å². The van der Waals surface area contributed by atoms with Crippen LogP contribution in [0.3, 0.4) is 0 Å². The summed E-state index contributed by atoms with van der Waals surface area (Å²) < 4.78 is 0. The van der Waals surface area contributed by atoms with Gasteiger partial charge in [0.1, 0.15) is 0 Å². The minimum atomic E-state index is -0.568. The maximum Gasteiger partial charge on any atom is 0.255 e. The summed E-state index contributed by atoms with van der Waals surface area (Å²) in [5.41, 5.74) is 3.71. The average Bonchev–Trinajstić information content (AvgIpc) is 2.79. The number of carbonyl (C=O) groups is 2. The SMILES string of the molecule is CCCC(=O)Nc1cccc(C(=O)Nc2cc(Cl)c([C@@H](C#N)c3ccc(Cl)cc3)cc2C)c1. The molecule has 5 nitrogen and oxygen atoms in total. The van der Waals surface area contributed by atoms with Gasteiger partial charge in [-0.3, -0.25) is 9.59 Å². The number of nitrogens with one attached hydrogen (secondary N) is 2. The smallest absolute Gasteiger partial charge is 0.255 e. The first-order valence-electron chi connectivity index (χ1n) is 10.5. The lowest BCUT2D eigenvalue weighted by atomic mass is 9.91. The highest BCUT2D eigenvalue weighted by Crippen LogP contribution is 2.34. The van der Waals surface area contributed by atoms with E-state index in [1.807, 2.05) is 19.9 Å². The van der Waals surface area contributed by atoms with E-state index in [1.54, 1.807) is 54.6 Å². The number of benzene rings is 3. The molecule has 1 atom stereocenters. The Bertz CT molecular complexity index is 1220. The maximum absolute atomic E-state index is 12.8. The van der Waals surface area contributed by atoms with E-state index in [4.69, 9.17) is 23.2 Å². The molecule has 0 aromatic heterocycles. The molecular weight excluding hydrogens is 457 g/mol. The van der Waals surface area contributed by atoms with Crippen molar-refractivity contribution in [2.75, 3.05) is 10.6 Å². The van der Waals surface area contributed by atoms with Crippen molar-refractivity contribution < 1.29 is 9.59 Å². The molecule has 33 heavy (non-hydrogen) atoms. The van der Waals surface area contributed by atoms with E-state index >= 15 is 0 Å². The monoisotopic (exact) mass is 479 g/mol. The Kier molecular flexibility index (Phi) is 8.11. The molecule has 7 heteroatoms. The van der Waals surface area contributed by atoms with Gasteiger partial charge in [0.15, 0.2) is 0 Å². The Labute approximate surface area is 203 Å². The Morgan fingerprint density at radius 3 is 2.42 bits per heavy atom. The van der Waals surface area contributed by atoms with Gasteiger partial charge in [0.2, 0.25) is 5.91 Å². The lowest BCUT2D eigenvalue weighted by Gasteiger charge is -2.16. The second-order valence-electron chi connectivity index (χ2n) is 7.64. The minimum Gasteiger partial charge on any atom is -0.326 e. The largest absolute Gasteiger partial charge is 0.326 e. The van der Waals surface area contributed by atoms with Crippen molar-refractivity contribution in [2.24, 2.45) is 0 Å². The first-order chi connectivity index (χ1) is 15.8. The van der Waals surface area contributed by atoms with E-state index in [2.05, 4.69) is 16.7 Å². The quantitative estimate of drug-likeness (QED) is 0.384. The second kappa shape index (κ2) is 11.0. The Balaban J connectivity index is 1.82. The molecule has 0 aliphatic rings. The molecule has 0 unspecified atom stereocenters. The van der Waals surface area contributed by atoms with E-state index < -0.39 is 5.92 Å². The lowest BCUT2D eigenvalue weighted by molar-refractivity contribution is -0.116. The highest BCUT2D eigenvalue weighted by atomic mass is 35.5. The van der Waals surface area contributed by atoms with Crippen molar-refractivity contribution in [3.8, 4) is 6.07 Å². The summed E-state index contributed by atoms with van der Waals surface area (Å²) in [7, 11) is 0. The molecule has 0 bridgehead atoms. The molecule has 0 fully saturated rings. The fourth-order valence-corrected chi connectivity index (χ4v) is 3.82. The van der Waals surface area contributed by atoms with Gasteiger partial charge in [-0.1, -0.05) is 54.4 Å². The third-order valence-electron chi connectivity index (χ3n) is 5.12. The van der Waals surface area contributed by atoms with Crippen LogP contribution in [0.25, 0.3) is 0 Å². The topological polar surface area (TPSA) is 82.0 Å². The van der Waals surface area contributed by atoms with Crippen LogP contribution in [0.5, 0.6) is 0 Å². The molecule has 2 N–H and O–H groups in total. The van der Waals surface area contributed by atoms with Gasteiger partial charge in [0.05, 0.1) is 12.0 Å². The molecule has 0 aliphatic heterocycles. The Hall–Kier alpha value is -3.33. The first kappa shape index (κ1) is 24.3. The number of halogens is 2. The van der Waals surface area contributed by atoms with Crippen molar-refractivity contribution in [3.63, 3.8) is 0 Å². The fourth-order valence-electron chi connectivity index (χ4n) is 3.42. The number of hydrogen-bond acceptors (Lipinski definition) is 3. The van der Waals surface area contributed by atoms with Crippen LogP contribution in [0.1, 0.15) is 52.7 Å². The lowest BCUT2D eigenvalue weighted by Crippen LogP contribution is -2.15. The van der Waals surface area contributed by atoms with Gasteiger partial charge >= 0.3 is 0 Å². The number of carbonyl (C=O) groups excluding carboxylic acids is 2. The fraction of sp³-hybridized carbons (Fsp3) is 0.192. The number of nitriles is 1. The van der Waals surface area contributed by atoms with Crippen LogP contribution in [-0.4, -0.2) is 11.8 Å². The van der Waals surface area contributed by atoms with E-state index in [0.29, 0.717) is 39.0 Å². The Morgan fingerprint density at radius 2 is 1.76 bits per heavy atom. The first-order valence-corrected chi connectivity index (χ1v) is 11.2. The molecule has 0 spiro atoms. The van der Waals surface area contributed by atoms with Gasteiger partial charge in [0, 0.05) is 33.4 Å². The zero-order chi connectivity index (χ0) is 24.0. The summed E-state index contributed by atoms with van der Waals surface area (Å²) in [6, 6.07) is 19.5. The zero-order valence-corrected chi connectivity index (χ0v) is 19.8. The zero-order valence-electron chi connectivity index (χ0n) is 18.3. The molecule has 0 saturated carbocycles. The van der Waals surface area contributed by atoms with Crippen LogP contribution in [0.2, 0.25) is 10.0 Å². The third kappa shape index (κ3) is 6.13. The Morgan fingerprint density at radius 1 is 1.03 bits per heavy atom. The second-order valence-corrected chi connectivity index (χ2v) is 8.48. The van der Waals surface area contributed by atoms with Crippen molar-refractivity contribution in [3.05, 3.63) is 93.0 Å². The third-order valence-corrected chi connectivity index (χ3v) is 5.70. The predicted molar refractivity (Wildman–Crippen MR) is 133 cm³/mol. The molecule has 0 radical (unpaired) electrons.